The molecular formula is C11H16N2OS. The molecule has 4 heteroatoms. The summed E-state index contributed by atoms with van der Waals surface area (Å²) in [5, 5.41) is 2.15. The zero-order valence-corrected chi connectivity index (χ0v) is 9.45. The van der Waals surface area contributed by atoms with Crippen LogP contribution in [0.2, 0.25) is 0 Å². The molecule has 1 aliphatic heterocycles. The van der Waals surface area contributed by atoms with Crippen molar-refractivity contribution in [2.45, 2.75) is 25.2 Å². The lowest BCUT2D eigenvalue weighted by molar-refractivity contribution is 0.0126. The summed E-state index contributed by atoms with van der Waals surface area (Å²) in [4.78, 5) is 3.75. The molecule has 15 heavy (non-hydrogen) atoms. The van der Waals surface area contributed by atoms with Crippen LogP contribution in [0.15, 0.2) is 17.5 Å². The molecule has 0 bridgehead atoms. The van der Waals surface area contributed by atoms with Gasteiger partial charge in [-0.3, -0.25) is 10.6 Å². The van der Waals surface area contributed by atoms with Crippen LogP contribution in [-0.2, 0) is 4.74 Å². The van der Waals surface area contributed by atoms with Gasteiger partial charge in [0.15, 0.2) is 6.35 Å². The van der Waals surface area contributed by atoms with E-state index >= 15 is 0 Å². The minimum absolute atomic E-state index is 0.197. The first-order valence-corrected chi connectivity index (χ1v) is 6.40. The molecule has 1 aromatic rings. The Morgan fingerprint density at radius 2 is 2.40 bits per heavy atom. The fourth-order valence-electron chi connectivity index (χ4n) is 2.34. The van der Waals surface area contributed by atoms with Gasteiger partial charge in [-0.05, 0) is 30.2 Å². The third kappa shape index (κ3) is 1.83. The quantitative estimate of drug-likeness (QED) is 0.850. The van der Waals surface area contributed by atoms with Crippen LogP contribution in [0, 0.1) is 5.92 Å². The van der Waals surface area contributed by atoms with E-state index in [1.165, 1.54) is 17.7 Å². The molecule has 2 fully saturated rings. The first-order valence-electron chi connectivity index (χ1n) is 5.52. The van der Waals surface area contributed by atoms with E-state index < -0.39 is 0 Å². The fraction of sp³-hybridized carbons (Fsp3) is 0.636. The zero-order chi connectivity index (χ0) is 10.3. The maximum Gasteiger partial charge on any atom is 0.164 e. The third-order valence-electron chi connectivity index (χ3n) is 3.23. The van der Waals surface area contributed by atoms with Crippen LogP contribution in [-0.4, -0.2) is 24.4 Å². The van der Waals surface area contributed by atoms with Crippen molar-refractivity contribution in [3.05, 3.63) is 22.4 Å². The van der Waals surface area contributed by atoms with Crippen LogP contribution >= 0.6 is 11.3 Å². The summed E-state index contributed by atoms with van der Waals surface area (Å²) >= 11 is 1.84. The smallest absolute Gasteiger partial charge is 0.164 e. The molecule has 0 radical (unpaired) electrons. The first kappa shape index (κ1) is 9.78. The molecule has 2 aliphatic rings. The number of thiophene rings is 1. The van der Waals surface area contributed by atoms with Crippen molar-refractivity contribution in [2.24, 2.45) is 11.7 Å². The van der Waals surface area contributed by atoms with E-state index in [-0.39, 0.29) is 6.35 Å². The van der Waals surface area contributed by atoms with Crippen LogP contribution in [0.3, 0.4) is 0 Å². The molecular weight excluding hydrogens is 208 g/mol. The third-order valence-corrected chi connectivity index (χ3v) is 4.17. The van der Waals surface area contributed by atoms with Gasteiger partial charge in [-0.15, -0.1) is 11.3 Å². The summed E-state index contributed by atoms with van der Waals surface area (Å²) in [7, 11) is 0. The minimum Gasteiger partial charge on any atom is -0.349 e. The highest BCUT2D eigenvalue weighted by Gasteiger charge is 2.40. The zero-order valence-electron chi connectivity index (χ0n) is 8.63. The van der Waals surface area contributed by atoms with Crippen LogP contribution in [0.5, 0.6) is 0 Å². The molecule has 2 heterocycles. The predicted molar refractivity (Wildman–Crippen MR) is 60.4 cm³/mol. The number of ether oxygens (including phenoxy) is 1. The largest absolute Gasteiger partial charge is 0.349 e. The standard InChI is InChI=1S/C11H16N2OS/c12-11-13(5-6-14-11)10(8-3-4-8)9-2-1-7-15-9/h1-2,7-8,10-11H,3-6,12H2. The summed E-state index contributed by atoms with van der Waals surface area (Å²) in [6.07, 6.45) is 2.48. The molecule has 2 N–H and O–H groups in total. The van der Waals surface area contributed by atoms with E-state index in [9.17, 15) is 0 Å². The average Bonchev–Trinajstić information content (AvgIpc) is 2.75. The van der Waals surface area contributed by atoms with Gasteiger partial charge in [-0.25, -0.2) is 0 Å². The summed E-state index contributed by atoms with van der Waals surface area (Å²) in [5.74, 6) is 0.802. The van der Waals surface area contributed by atoms with Crippen molar-refractivity contribution in [3.8, 4) is 0 Å². The van der Waals surface area contributed by atoms with Crippen LogP contribution in [0.1, 0.15) is 23.8 Å². The lowest BCUT2D eigenvalue weighted by Gasteiger charge is -2.28. The number of nitrogens with zero attached hydrogens (tertiary/aromatic N) is 1. The molecule has 2 atom stereocenters. The van der Waals surface area contributed by atoms with E-state index in [0.717, 1.165) is 19.1 Å². The SMILES string of the molecule is NC1OCCN1C(c1cccs1)C1CC1. The molecule has 1 aromatic heterocycles. The first-order chi connectivity index (χ1) is 7.36. The molecule has 2 unspecified atom stereocenters. The second-order valence-electron chi connectivity index (χ2n) is 4.30. The lowest BCUT2D eigenvalue weighted by Crippen LogP contribution is -2.40. The highest BCUT2D eigenvalue weighted by molar-refractivity contribution is 7.10. The summed E-state index contributed by atoms with van der Waals surface area (Å²) in [5.41, 5.74) is 5.96. The highest BCUT2D eigenvalue weighted by Crippen LogP contribution is 2.46. The molecule has 0 aromatic carbocycles. The minimum atomic E-state index is -0.197. The van der Waals surface area contributed by atoms with Crippen molar-refractivity contribution in [1.82, 2.24) is 4.90 Å². The number of rotatable bonds is 3. The van der Waals surface area contributed by atoms with Gasteiger partial charge in [0.05, 0.1) is 12.6 Å². The van der Waals surface area contributed by atoms with E-state index in [4.69, 9.17) is 10.5 Å². The Hall–Kier alpha value is -0.420. The molecule has 1 saturated carbocycles. The molecule has 3 nitrogen and oxygen atoms in total. The Morgan fingerprint density at radius 3 is 2.93 bits per heavy atom. The number of nitrogens with two attached hydrogens (primary N) is 1. The molecule has 3 rings (SSSR count). The normalized spacial score (nSPS) is 29.5. The Morgan fingerprint density at radius 1 is 1.53 bits per heavy atom. The fourth-order valence-corrected chi connectivity index (χ4v) is 3.28. The lowest BCUT2D eigenvalue weighted by atomic mass is 10.1. The van der Waals surface area contributed by atoms with Gasteiger partial charge < -0.3 is 4.74 Å². The van der Waals surface area contributed by atoms with Crippen LogP contribution in [0.4, 0.5) is 0 Å². The van der Waals surface area contributed by atoms with Gasteiger partial charge in [0.2, 0.25) is 0 Å². The van der Waals surface area contributed by atoms with E-state index in [1.807, 2.05) is 11.3 Å². The van der Waals surface area contributed by atoms with Gasteiger partial charge in [-0.2, -0.15) is 0 Å². The number of hydrogen-bond acceptors (Lipinski definition) is 4. The molecule has 82 valence electrons. The van der Waals surface area contributed by atoms with Crippen molar-refractivity contribution in [2.75, 3.05) is 13.2 Å². The molecule has 0 amide bonds. The van der Waals surface area contributed by atoms with Crippen molar-refractivity contribution in [1.29, 1.82) is 0 Å². The van der Waals surface area contributed by atoms with Crippen molar-refractivity contribution in [3.63, 3.8) is 0 Å². The number of hydrogen-bond donors (Lipinski definition) is 1. The van der Waals surface area contributed by atoms with E-state index in [1.54, 1.807) is 0 Å². The second kappa shape index (κ2) is 3.87. The molecule has 0 spiro atoms. The predicted octanol–water partition coefficient (Wildman–Crippen LogP) is 1.77. The van der Waals surface area contributed by atoms with Gasteiger partial charge in [0, 0.05) is 11.4 Å². The highest BCUT2D eigenvalue weighted by atomic mass is 32.1. The topological polar surface area (TPSA) is 38.5 Å². The van der Waals surface area contributed by atoms with Gasteiger partial charge in [-0.1, -0.05) is 6.07 Å². The maximum absolute atomic E-state index is 5.96. The Labute approximate surface area is 93.8 Å². The average molecular weight is 224 g/mol. The van der Waals surface area contributed by atoms with Crippen LogP contribution in [0.25, 0.3) is 0 Å². The van der Waals surface area contributed by atoms with Gasteiger partial charge in [0.25, 0.3) is 0 Å². The molecule has 1 saturated heterocycles. The molecule has 1 aliphatic carbocycles. The Bertz CT molecular complexity index is 323. The van der Waals surface area contributed by atoms with E-state index in [0.29, 0.717) is 6.04 Å². The Kier molecular flexibility index (Phi) is 2.52. The van der Waals surface area contributed by atoms with Crippen LogP contribution < -0.4 is 5.73 Å². The van der Waals surface area contributed by atoms with Crippen molar-refractivity contribution < 1.29 is 4.74 Å². The monoisotopic (exact) mass is 224 g/mol. The van der Waals surface area contributed by atoms with Gasteiger partial charge in [0.1, 0.15) is 0 Å². The van der Waals surface area contributed by atoms with E-state index in [2.05, 4.69) is 22.4 Å². The van der Waals surface area contributed by atoms with Crippen molar-refractivity contribution >= 4 is 11.3 Å². The second-order valence-corrected chi connectivity index (χ2v) is 5.28. The maximum atomic E-state index is 5.96. The Balaban J connectivity index is 1.84. The van der Waals surface area contributed by atoms with Gasteiger partial charge >= 0.3 is 0 Å². The summed E-state index contributed by atoms with van der Waals surface area (Å²) < 4.78 is 5.43. The summed E-state index contributed by atoms with van der Waals surface area (Å²) in [6, 6.07) is 4.85. The summed E-state index contributed by atoms with van der Waals surface area (Å²) in [6.45, 7) is 1.75.